The third kappa shape index (κ3) is 7.07. The maximum absolute atomic E-state index is 12.7. The second-order valence-corrected chi connectivity index (χ2v) is 9.73. The zero-order valence-corrected chi connectivity index (χ0v) is 18.8. The molecule has 2 rings (SSSR count). The van der Waals surface area contributed by atoms with Crippen molar-refractivity contribution in [3.63, 3.8) is 0 Å². The standard InChI is InChI=1S/C18H23BrF3N3O3S/c1-16(2,3)28-15(27)24-14-25-17(4,5-6-29-14)10-7-11(19)9-12(8-10)23-13(26)18(20,21)22/h7-9,13,23,26H,5-6H2,1-4H3,(H,24,25,27). The second-order valence-electron chi connectivity index (χ2n) is 7.73. The molecule has 0 fully saturated rings. The first-order valence-electron chi connectivity index (χ1n) is 8.73. The number of alkyl carbamates (subject to hydrolysis) is 1. The monoisotopic (exact) mass is 497 g/mol. The average Bonchev–Trinajstić information content (AvgIpc) is 2.51. The Labute approximate surface area is 179 Å². The van der Waals surface area contributed by atoms with Gasteiger partial charge in [0.05, 0.1) is 5.54 Å². The highest BCUT2D eigenvalue weighted by Gasteiger charge is 2.39. The van der Waals surface area contributed by atoms with Crippen molar-refractivity contribution in [3.8, 4) is 0 Å². The zero-order valence-electron chi connectivity index (χ0n) is 16.4. The van der Waals surface area contributed by atoms with Gasteiger partial charge in [0, 0.05) is 15.9 Å². The van der Waals surface area contributed by atoms with E-state index in [0.29, 0.717) is 27.4 Å². The number of ether oxygens (including phenoxy) is 1. The normalized spacial score (nSPS) is 21.2. The molecule has 2 atom stereocenters. The van der Waals surface area contributed by atoms with Crippen LogP contribution in [0.25, 0.3) is 0 Å². The van der Waals surface area contributed by atoms with Crippen molar-refractivity contribution in [1.82, 2.24) is 5.32 Å². The lowest BCUT2D eigenvalue weighted by Gasteiger charge is -2.31. The number of carbonyl (C=O) groups is 1. The van der Waals surface area contributed by atoms with E-state index in [1.54, 1.807) is 26.8 Å². The van der Waals surface area contributed by atoms with E-state index in [2.05, 4.69) is 26.2 Å². The number of nitrogens with zero attached hydrogens (tertiary/aromatic N) is 1. The second kappa shape index (κ2) is 8.73. The summed E-state index contributed by atoms with van der Waals surface area (Å²) in [6.45, 7) is 7.07. The molecule has 3 N–H and O–H groups in total. The predicted molar refractivity (Wildman–Crippen MR) is 111 cm³/mol. The number of rotatable bonds is 3. The summed E-state index contributed by atoms with van der Waals surface area (Å²) >= 11 is 4.65. The van der Waals surface area contributed by atoms with Gasteiger partial charge in [-0.2, -0.15) is 13.2 Å². The summed E-state index contributed by atoms with van der Waals surface area (Å²) in [6, 6.07) is 4.68. The number of anilines is 1. The Morgan fingerprint density at radius 2 is 2.00 bits per heavy atom. The Morgan fingerprint density at radius 3 is 2.59 bits per heavy atom. The van der Waals surface area contributed by atoms with Gasteiger partial charge in [-0.3, -0.25) is 10.3 Å². The Balaban J connectivity index is 2.26. The summed E-state index contributed by atoms with van der Waals surface area (Å²) in [6.07, 6.45) is -7.50. The molecule has 1 aromatic rings. The number of carbonyl (C=O) groups excluding carboxylic acids is 1. The van der Waals surface area contributed by atoms with Gasteiger partial charge in [-0.25, -0.2) is 4.79 Å². The molecule has 1 aliphatic heterocycles. The average molecular weight is 498 g/mol. The SMILES string of the molecule is CC(C)(C)OC(=O)NC1=NC(C)(c2cc(Br)cc(NC(O)C(F)(F)F)c2)CCS1. The van der Waals surface area contributed by atoms with Crippen molar-refractivity contribution < 1.29 is 27.8 Å². The van der Waals surface area contributed by atoms with E-state index in [1.807, 2.05) is 12.2 Å². The smallest absolute Gasteiger partial charge is 0.433 e. The van der Waals surface area contributed by atoms with Crippen molar-refractivity contribution in [1.29, 1.82) is 0 Å². The number of amides is 1. The minimum atomic E-state index is -4.80. The van der Waals surface area contributed by atoms with Crippen LogP contribution in [0.1, 0.15) is 39.7 Å². The molecule has 0 spiro atoms. The van der Waals surface area contributed by atoms with Gasteiger partial charge in [-0.15, -0.1) is 0 Å². The first kappa shape index (κ1) is 23.8. The van der Waals surface area contributed by atoms with Gasteiger partial charge in [0.2, 0.25) is 6.23 Å². The number of aliphatic hydroxyl groups is 1. The van der Waals surface area contributed by atoms with Crippen LogP contribution in [-0.2, 0) is 10.3 Å². The van der Waals surface area contributed by atoms with Gasteiger partial charge < -0.3 is 15.2 Å². The van der Waals surface area contributed by atoms with Crippen LogP contribution in [0.5, 0.6) is 0 Å². The highest BCUT2D eigenvalue weighted by Crippen LogP contribution is 2.38. The Bertz CT molecular complexity index is 799. The lowest BCUT2D eigenvalue weighted by molar-refractivity contribution is -0.194. The molecule has 0 saturated heterocycles. The lowest BCUT2D eigenvalue weighted by Crippen LogP contribution is -2.38. The van der Waals surface area contributed by atoms with Crippen LogP contribution >= 0.6 is 27.7 Å². The topological polar surface area (TPSA) is 83.0 Å². The maximum Gasteiger partial charge on any atom is 0.433 e. The van der Waals surface area contributed by atoms with Crippen LogP contribution in [-0.4, -0.2) is 40.1 Å². The molecular weight excluding hydrogens is 475 g/mol. The molecule has 0 aliphatic carbocycles. The Hall–Kier alpha value is -1.46. The zero-order chi connectivity index (χ0) is 22.0. The fourth-order valence-corrected chi connectivity index (χ4v) is 4.15. The summed E-state index contributed by atoms with van der Waals surface area (Å²) < 4.78 is 43.7. The molecule has 29 heavy (non-hydrogen) atoms. The molecular formula is C18H23BrF3N3O3S. The van der Waals surface area contributed by atoms with Gasteiger partial charge >= 0.3 is 12.3 Å². The third-order valence-corrected chi connectivity index (χ3v) is 5.25. The molecule has 6 nitrogen and oxygen atoms in total. The van der Waals surface area contributed by atoms with Crippen LogP contribution in [0, 0.1) is 0 Å². The van der Waals surface area contributed by atoms with E-state index in [1.165, 1.54) is 23.9 Å². The van der Waals surface area contributed by atoms with E-state index in [0.717, 1.165) is 0 Å². The highest BCUT2D eigenvalue weighted by atomic mass is 79.9. The van der Waals surface area contributed by atoms with Gasteiger partial charge in [-0.1, -0.05) is 27.7 Å². The minimum Gasteiger partial charge on any atom is -0.444 e. The van der Waals surface area contributed by atoms with E-state index in [-0.39, 0.29) is 5.69 Å². The summed E-state index contributed by atoms with van der Waals surface area (Å²) in [5.41, 5.74) is -0.709. The number of hydrogen-bond acceptors (Lipinski definition) is 6. The summed E-state index contributed by atoms with van der Waals surface area (Å²) in [5, 5.41) is 14.3. The quantitative estimate of drug-likeness (QED) is 0.513. The first-order valence-corrected chi connectivity index (χ1v) is 10.5. The van der Waals surface area contributed by atoms with E-state index >= 15 is 0 Å². The number of nitrogens with one attached hydrogen (secondary N) is 2. The van der Waals surface area contributed by atoms with Crippen molar-refractivity contribution >= 4 is 44.6 Å². The molecule has 11 heteroatoms. The molecule has 1 aromatic carbocycles. The van der Waals surface area contributed by atoms with Crippen molar-refractivity contribution in [2.75, 3.05) is 11.1 Å². The highest BCUT2D eigenvalue weighted by molar-refractivity contribution is 9.10. The lowest BCUT2D eigenvalue weighted by atomic mass is 9.89. The molecule has 2 unspecified atom stereocenters. The molecule has 0 radical (unpaired) electrons. The predicted octanol–water partition coefficient (Wildman–Crippen LogP) is 4.97. The summed E-state index contributed by atoms with van der Waals surface area (Å²) in [5.74, 6) is 0.644. The van der Waals surface area contributed by atoms with Crippen LogP contribution in [0.2, 0.25) is 0 Å². The number of thioether (sulfide) groups is 1. The van der Waals surface area contributed by atoms with Gasteiger partial charge in [0.1, 0.15) is 5.60 Å². The summed E-state index contributed by atoms with van der Waals surface area (Å²) in [7, 11) is 0. The van der Waals surface area contributed by atoms with E-state index < -0.39 is 29.6 Å². The van der Waals surface area contributed by atoms with Gasteiger partial charge in [0.15, 0.2) is 5.17 Å². The van der Waals surface area contributed by atoms with Crippen LogP contribution in [0.15, 0.2) is 27.7 Å². The Kier molecular flexibility index (Phi) is 7.17. The van der Waals surface area contributed by atoms with Gasteiger partial charge in [-0.05, 0) is 57.9 Å². The summed E-state index contributed by atoms with van der Waals surface area (Å²) in [4.78, 5) is 16.6. The molecule has 0 aromatic heterocycles. The fraction of sp³-hybridized carbons (Fsp3) is 0.556. The van der Waals surface area contributed by atoms with E-state index in [9.17, 15) is 23.1 Å². The van der Waals surface area contributed by atoms with Crippen molar-refractivity contribution in [3.05, 3.63) is 28.2 Å². The third-order valence-electron chi connectivity index (χ3n) is 3.92. The van der Waals surface area contributed by atoms with E-state index in [4.69, 9.17) is 4.74 Å². The molecule has 1 amide bonds. The molecule has 1 aliphatic rings. The number of alkyl halides is 3. The van der Waals surface area contributed by atoms with Crippen LogP contribution in [0.4, 0.5) is 23.7 Å². The van der Waals surface area contributed by atoms with Crippen molar-refractivity contribution in [2.24, 2.45) is 4.99 Å². The maximum atomic E-state index is 12.7. The first-order chi connectivity index (χ1) is 13.2. The Morgan fingerprint density at radius 1 is 1.34 bits per heavy atom. The molecule has 0 bridgehead atoms. The molecule has 162 valence electrons. The molecule has 1 heterocycles. The number of amidine groups is 1. The molecule has 0 saturated carbocycles. The number of aliphatic hydroxyl groups excluding tert-OH is 1. The van der Waals surface area contributed by atoms with Crippen LogP contribution < -0.4 is 10.6 Å². The van der Waals surface area contributed by atoms with Crippen LogP contribution in [0.3, 0.4) is 0 Å². The number of aliphatic imine (C=N–C) groups is 1. The minimum absolute atomic E-state index is 0.0931. The number of hydrogen-bond donors (Lipinski definition) is 3. The largest absolute Gasteiger partial charge is 0.444 e. The number of halogens is 4. The van der Waals surface area contributed by atoms with Crippen molar-refractivity contribution in [2.45, 2.75) is 57.7 Å². The fourth-order valence-electron chi connectivity index (χ4n) is 2.55. The number of benzene rings is 1. The van der Waals surface area contributed by atoms with Gasteiger partial charge in [0.25, 0.3) is 0 Å².